The molecule has 100 valence electrons. The number of nitrogens with one attached hydrogen (secondary N) is 1. The Morgan fingerprint density at radius 2 is 2.06 bits per heavy atom. The number of sulfonamides is 1. The quantitative estimate of drug-likeness (QED) is 0.830. The third kappa shape index (κ3) is 6.05. The fourth-order valence-corrected chi connectivity index (χ4v) is 4.86. The summed E-state index contributed by atoms with van der Waals surface area (Å²) in [7, 11) is -6.72. The predicted molar refractivity (Wildman–Crippen MR) is 68.4 cm³/mol. The van der Waals surface area contributed by atoms with Crippen LogP contribution in [0, 0.1) is 0 Å². The summed E-state index contributed by atoms with van der Waals surface area (Å²) in [6.45, 7) is 0. The van der Waals surface area contributed by atoms with Crippen molar-refractivity contribution in [2.24, 2.45) is 0 Å². The van der Waals surface area contributed by atoms with Crippen molar-refractivity contribution >= 4 is 43.1 Å². The first-order valence-corrected chi connectivity index (χ1v) is 9.15. The second kappa shape index (κ2) is 5.88. The molecule has 0 amide bonds. The molecule has 0 bridgehead atoms. The number of hydrogen-bond donors (Lipinski definition) is 1. The second-order valence-corrected chi connectivity index (χ2v) is 8.88. The van der Waals surface area contributed by atoms with Gasteiger partial charge >= 0.3 is 0 Å². The third-order valence-corrected chi connectivity index (χ3v) is 5.69. The average Bonchev–Trinajstić information content (AvgIpc) is 2.12. The van der Waals surface area contributed by atoms with E-state index in [9.17, 15) is 16.8 Å². The van der Waals surface area contributed by atoms with E-state index >= 15 is 0 Å². The molecule has 0 aromatic carbocycles. The molecule has 1 aliphatic rings. The molecule has 0 radical (unpaired) electrons. The van der Waals surface area contributed by atoms with Gasteiger partial charge in [-0.15, -0.1) is 0 Å². The van der Waals surface area contributed by atoms with Crippen molar-refractivity contribution in [1.82, 2.24) is 4.72 Å². The van der Waals surface area contributed by atoms with Gasteiger partial charge in [-0.05, 0) is 18.9 Å². The molecule has 1 aliphatic heterocycles. The van der Waals surface area contributed by atoms with Gasteiger partial charge < -0.3 is 0 Å². The first-order chi connectivity index (χ1) is 7.70. The summed E-state index contributed by atoms with van der Waals surface area (Å²) in [5.41, 5.74) is 0. The van der Waals surface area contributed by atoms with Crippen molar-refractivity contribution in [2.45, 2.75) is 18.9 Å². The van der Waals surface area contributed by atoms with Crippen LogP contribution in [0.2, 0.25) is 0 Å². The van der Waals surface area contributed by atoms with E-state index in [1.807, 2.05) is 0 Å². The third-order valence-electron chi connectivity index (χ3n) is 2.27. The lowest BCUT2D eigenvalue weighted by Gasteiger charge is -2.22. The van der Waals surface area contributed by atoms with Gasteiger partial charge in [0.15, 0.2) is 9.84 Å². The van der Waals surface area contributed by atoms with Crippen molar-refractivity contribution in [3.8, 4) is 0 Å². The molecule has 1 saturated heterocycles. The Balaban J connectivity index is 2.62. The van der Waals surface area contributed by atoms with Crippen LogP contribution in [-0.4, -0.2) is 40.1 Å². The molecule has 1 heterocycles. The van der Waals surface area contributed by atoms with E-state index in [4.69, 9.17) is 23.2 Å². The molecule has 0 spiro atoms. The molecular weight excluding hydrogens is 309 g/mol. The maximum Gasteiger partial charge on any atom is 0.215 e. The van der Waals surface area contributed by atoms with Gasteiger partial charge in [0.1, 0.15) is 4.49 Å². The van der Waals surface area contributed by atoms with Gasteiger partial charge in [0.2, 0.25) is 10.0 Å². The Hall–Kier alpha value is 0.180. The van der Waals surface area contributed by atoms with Crippen LogP contribution >= 0.6 is 23.2 Å². The highest BCUT2D eigenvalue weighted by Gasteiger charge is 2.27. The van der Waals surface area contributed by atoms with Gasteiger partial charge in [-0.25, -0.2) is 21.6 Å². The number of halogens is 2. The minimum absolute atomic E-state index is 0.124. The molecule has 1 rings (SSSR count). The van der Waals surface area contributed by atoms with Crippen molar-refractivity contribution in [2.75, 3.05) is 17.3 Å². The van der Waals surface area contributed by atoms with Crippen molar-refractivity contribution in [1.29, 1.82) is 0 Å². The molecule has 5 nitrogen and oxygen atoms in total. The van der Waals surface area contributed by atoms with Gasteiger partial charge in [0, 0.05) is 6.04 Å². The van der Waals surface area contributed by atoms with E-state index in [-0.39, 0.29) is 21.8 Å². The number of sulfone groups is 1. The van der Waals surface area contributed by atoms with E-state index in [0.717, 1.165) is 6.08 Å². The zero-order chi connectivity index (χ0) is 13.1. The highest BCUT2D eigenvalue weighted by atomic mass is 35.5. The van der Waals surface area contributed by atoms with Crippen LogP contribution in [-0.2, 0) is 19.9 Å². The van der Waals surface area contributed by atoms with Crippen LogP contribution in [0.3, 0.4) is 0 Å². The molecule has 1 unspecified atom stereocenters. The molecule has 17 heavy (non-hydrogen) atoms. The molecular formula is C8H13Cl2NO4S2. The lowest BCUT2D eigenvalue weighted by atomic mass is 10.2. The van der Waals surface area contributed by atoms with E-state index in [0.29, 0.717) is 12.8 Å². The summed E-state index contributed by atoms with van der Waals surface area (Å²) in [5.74, 6) is -0.380. The number of hydrogen-bond acceptors (Lipinski definition) is 4. The highest BCUT2D eigenvalue weighted by molar-refractivity contribution is 7.91. The van der Waals surface area contributed by atoms with Crippen LogP contribution in [0.4, 0.5) is 0 Å². The Morgan fingerprint density at radius 1 is 1.41 bits per heavy atom. The topological polar surface area (TPSA) is 80.3 Å². The summed E-state index contributed by atoms with van der Waals surface area (Å²) >= 11 is 10.6. The van der Waals surface area contributed by atoms with Gasteiger partial charge in [-0.3, -0.25) is 0 Å². The fourth-order valence-electron chi connectivity index (χ4n) is 1.59. The van der Waals surface area contributed by atoms with Gasteiger partial charge in [-0.1, -0.05) is 23.2 Å². The molecule has 1 atom stereocenters. The zero-order valence-electron chi connectivity index (χ0n) is 8.90. The van der Waals surface area contributed by atoms with Gasteiger partial charge in [0.25, 0.3) is 0 Å². The fraction of sp³-hybridized carbons (Fsp3) is 0.750. The summed E-state index contributed by atoms with van der Waals surface area (Å²) in [5, 5.41) is 0. The summed E-state index contributed by atoms with van der Waals surface area (Å²) in [4.78, 5) is 0. The predicted octanol–water partition coefficient (Wildman–Crippen LogP) is 0.802. The van der Waals surface area contributed by atoms with Gasteiger partial charge in [0.05, 0.1) is 17.3 Å². The smallest absolute Gasteiger partial charge is 0.215 e. The van der Waals surface area contributed by atoms with Crippen LogP contribution in [0.1, 0.15) is 12.8 Å². The molecule has 9 heteroatoms. The Kier molecular flexibility index (Phi) is 5.27. The van der Waals surface area contributed by atoms with Gasteiger partial charge in [-0.2, -0.15) is 0 Å². The van der Waals surface area contributed by atoms with E-state index in [2.05, 4.69) is 4.72 Å². The molecule has 1 fully saturated rings. The Morgan fingerprint density at radius 3 is 2.59 bits per heavy atom. The maximum absolute atomic E-state index is 11.5. The first kappa shape index (κ1) is 15.2. The molecule has 0 aromatic heterocycles. The summed E-state index contributed by atoms with van der Waals surface area (Å²) in [6.07, 6.45) is 2.14. The monoisotopic (exact) mass is 321 g/mol. The molecule has 0 aromatic rings. The van der Waals surface area contributed by atoms with E-state index < -0.39 is 25.9 Å². The zero-order valence-corrected chi connectivity index (χ0v) is 12.0. The summed E-state index contributed by atoms with van der Waals surface area (Å²) < 4.78 is 47.9. The maximum atomic E-state index is 11.5. The lowest BCUT2D eigenvalue weighted by molar-refractivity contribution is 0.518. The number of rotatable bonds is 4. The Labute approximate surface area is 111 Å². The first-order valence-electron chi connectivity index (χ1n) is 4.92. The summed E-state index contributed by atoms with van der Waals surface area (Å²) in [6, 6.07) is -0.554. The lowest BCUT2D eigenvalue weighted by Crippen LogP contribution is -2.43. The van der Waals surface area contributed by atoms with Crippen LogP contribution in [0.25, 0.3) is 0 Å². The van der Waals surface area contributed by atoms with Crippen LogP contribution in [0.5, 0.6) is 0 Å². The SMILES string of the molecule is O=S1(=O)CCCC(NS(=O)(=O)CC=C(Cl)Cl)C1. The van der Waals surface area contributed by atoms with Crippen LogP contribution in [0.15, 0.2) is 10.6 Å². The Bertz CT molecular complexity index is 494. The van der Waals surface area contributed by atoms with Crippen molar-refractivity contribution in [3.05, 3.63) is 10.6 Å². The van der Waals surface area contributed by atoms with Crippen LogP contribution < -0.4 is 4.72 Å². The van der Waals surface area contributed by atoms with Crippen molar-refractivity contribution in [3.63, 3.8) is 0 Å². The minimum Gasteiger partial charge on any atom is -0.229 e. The highest BCUT2D eigenvalue weighted by Crippen LogP contribution is 2.13. The molecule has 1 N–H and O–H groups in total. The minimum atomic E-state index is -3.59. The van der Waals surface area contributed by atoms with E-state index in [1.165, 1.54) is 0 Å². The van der Waals surface area contributed by atoms with Crippen molar-refractivity contribution < 1.29 is 16.8 Å². The second-order valence-electron chi connectivity index (χ2n) is 3.85. The normalized spacial score (nSPS) is 24.2. The average molecular weight is 322 g/mol. The van der Waals surface area contributed by atoms with E-state index in [1.54, 1.807) is 0 Å². The molecule has 0 aliphatic carbocycles. The largest absolute Gasteiger partial charge is 0.229 e. The standard InChI is InChI=1S/C8H13Cl2NO4S2/c9-8(10)3-5-17(14,15)11-7-2-1-4-16(12,13)6-7/h3,7,11H,1-2,4-6H2. The molecule has 0 saturated carbocycles.